The highest BCUT2D eigenvalue weighted by Crippen LogP contribution is 2.49. The lowest BCUT2D eigenvalue weighted by atomic mass is 9.96. The molecule has 2 aliphatic rings. The number of benzene rings is 2. The standard InChI is InChI=1S/C26H26N4O2S/c1-15(2)10-16-6-7-17(11-19(16)14-27)25-28-26(33-29-25)21-5-3-4-20-22(21)12-18-13-23(32)30(8-9-31)24(18)20/h3-7,11,15,18,24,31H,8-10,12-13H2,1-2H3/t18-,24+/m0/s1. The number of nitriles is 1. The van der Waals surface area contributed by atoms with Crippen LogP contribution in [-0.2, 0) is 17.6 Å². The van der Waals surface area contributed by atoms with Gasteiger partial charge >= 0.3 is 0 Å². The average Bonchev–Trinajstić information content (AvgIpc) is 3.49. The number of rotatable bonds is 6. The Balaban J connectivity index is 1.48. The first-order chi connectivity index (χ1) is 16.0. The molecule has 1 aromatic heterocycles. The van der Waals surface area contributed by atoms with Crippen LogP contribution in [0.15, 0.2) is 36.4 Å². The summed E-state index contributed by atoms with van der Waals surface area (Å²) in [6, 6.07) is 14.5. The van der Waals surface area contributed by atoms with Gasteiger partial charge in [0.1, 0.15) is 5.01 Å². The highest BCUT2D eigenvalue weighted by molar-refractivity contribution is 7.09. The van der Waals surface area contributed by atoms with E-state index in [2.05, 4.69) is 36.4 Å². The minimum atomic E-state index is -0.0234. The molecule has 1 fully saturated rings. The highest BCUT2D eigenvalue weighted by Gasteiger charge is 2.46. The molecule has 1 amide bonds. The number of fused-ring (bicyclic) bond motifs is 3. The number of likely N-dealkylation sites (tertiary alicyclic amines) is 1. The van der Waals surface area contributed by atoms with Crippen LogP contribution in [-0.4, -0.2) is 38.4 Å². The van der Waals surface area contributed by atoms with Gasteiger partial charge < -0.3 is 10.0 Å². The molecule has 0 saturated carbocycles. The van der Waals surface area contributed by atoms with Crippen LogP contribution in [0.2, 0.25) is 0 Å². The van der Waals surface area contributed by atoms with E-state index in [4.69, 9.17) is 4.98 Å². The Kier molecular flexibility index (Phi) is 5.73. The van der Waals surface area contributed by atoms with Crippen molar-refractivity contribution in [2.24, 2.45) is 11.8 Å². The fourth-order valence-electron chi connectivity index (χ4n) is 5.30. The van der Waals surface area contributed by atoms with Crippen LogP contribution >= 0.6 is 11.5 Å². The van der Waals surface area contributed by atoms with E-state index in [1.807, 2.05) is 29.2 Å². The van der Waals surface area contributed by atoms with Gasteiger partial charge in [0.15, 0.2) is 5.82 Å². The maximum absolute atomic E-state index is 12.4. The average molecular weight is 459 g/mol. The first kappa shape index (κ1) is 21.7. The van der Waals surface area contributed by atoms with Crippen molar-refractivity contribution < 1.29 is 9.90 Å². The molecule has 2 atom stereocenters. The predicted octanol–water partition coefficient (Wildman–Crippen LogP) is 4.38. The van der Waals surface area contributed by atoms with Crippen molar-refractivity contribution in [3.63, 3.8) is 0 Å². The van der Waals surface area contributed by atoms with Crippen LogP contribution in [0.5, 0.6) is 0 Å². The number of aliphatic hydroxyl groups is 1. The van der Waals surface area contributed by atoms with Crippen LogP contribution in [0.3, 0.4) is 0 Å². The van der Waals surface area contributed by atoms with E-state index in [-0.39, 0.29) is 24.5 Å². The Bertz CT molecular complexity index is 1260. The second-order valence-corrected chi connectivity index (χ2v) is 10.1. The third kappa shape index (κ3) is 3.84. The van der Waals surface area contributed by atoms with Gasteiger partial charge in [-0.2, -0.15) is 9.64 Å². The van der Waals surface area contributed by atoms with Crippen LogP contribution < -0.4 is 0 Å². The van der Waals surface area contributed by atoms with Gasteiger partial charge in [0.05, 0.1) is 24.3 Å². The van der Waals surface area contributed by atoms with Gasteiger partial charge in [0, 0.05) is 24.1 Å². The van der Waals surface area contributed by atoms with Crippen molar-refractivity contribution in [1.29, 1.82) is 5.26 Å². The summed E-state index contributed by atoms with van der Waals surface area (Å²) in [4.78, 5) is 19.1. The summed E-state index contributed by atoms with van der Waals surface area (Å²) in [5.74, 6) is 1.49. The normalized spacial score (nSPS) is 19.1. The molecule has 0 bridgehead atoms. The molecule has 0 radical (unpaired) electrons. The molecular formula is C26H26N4O2S. The third-order valence-corrected chi connectivity index (χ3v) is 7.40. The van der Waals surface area contributed by atoms with E-state index < -0.39 is 0 Å². The Labute approximate surface area is 197 Å². The van der Waals surface area contributed by atoms with Crippen molar-refractivity contribution in [2.45, 2.75) is 39.2 Å². The quantitative estimate of drug-likeness (QED) is 0.592. The second-order valence-electron chi connectivity index (χ2n) is 9.30. The first-order valence-corrected chi connectivity index (χ1v) is 12.2. The largest absolute Gasteiger partial charge is 0.395 e. The van der Waals surface area contributed by atoms with Crippen LogP contribution in [0.4, 0.5) is 0 Å². The summed E-state index contributed by atoms with van der Waals surface area (Å²) in [6.07, 6.45) is 2.23. The molecule has 1 aliphatic carbocycles. The lowest BCUT2D eigenvalue weighted by Gasteiger charge is -2.24. The Hall–Kier alpha value is -3.08. The van der Waals surface area contributed by atoms with Gasteiger partial charge in [-0.3, -0.25) is 4.79 Å². The lowest BCUT2D eigenvalue weighted by Crippen LogP contribution is -2.30. The van der Waals surface area contributed by atoms with Crippen LogP contribution in [0, 0.1) is 23.2 Å². The van der Waals surface area contributed by atoms with Crippen LogP contribution in [0.1, 0.15) is 48.6 Å². The zero-order valence-corrected chi connectivity index (χ0v) is 19.6. The number of hydrogen-bond donors (Lipinski definition) is 1. The summed E-state index contributed by atoms with van der Waals surface area (Å²) in [7, 11) is 0. The van der Waals surface area contributed by atoms with Crippen molar-refractivity contribution in [1.82, 2.24) is 14.3 Å². The molecule has 1 aliphatic heterocycles. The van der Waals surface area contributed by atoms with E-state index in [9.17, 15) is 15.2 Å². The third-order valence-electron chi connectivity index (χ3n) is 6.65. The molecule has 3 aromatic rings. The molecule has 0 unspecified atom stereocenters. The van der Waals surface area contributed by atoms with Crippen molar-refractivity contribution in [3.8, 4) is 28.0 Å². The van der Waals surface area contributed by atoms with E-state index in [0.29, 0.717) is 30.3 Å². The maximum Gasteiger partial charge on any atom is 0.223 e. The second kappa shape index (κ2) is 8.69. The molecule has 1 N–H and O–H groups in total. The monoisotopic (exact) mass is 458 g/mol. The summed E-state index contributed by atoms with van der Waals surface area (Å²) >= 11 is 1.37. The fraction of sp³-hybridized carbons (Fsp3) is 0.385. The van der Waals surface area contributed by atoms with Gasteiger partial charge in [0.25, 0.3) is 0 Å². The van der Waals surface area contributed by atoms with Gasteiger partial charge in [-0.15, -0.1) is 0 Å². The Morgan fingerprint density at radius 3 is 2.88 bits per heavy atom. The molecule has 5 rings (SSSR count). The number of nitrogens with zero attached hydrogens (tertiary/aromatic N) is 4. The van der Waals surface area contributed by atoms with Crippen molar-refractivity contribution >= 4 is 17.4 Å². The molecule has 2 aromatic carbocycles. The molecule has 1 saturated heterocycles. The van der Waals surface area contributed by atoms with Crippen molar-refractivity contribution in [2.75, 3.05) is 13.2 Å². The first-order valence-electron chi connectivity index (χ1n) is 11.4. The number of aliphatic hydroxyl groups excluding tert-OH is 1. The van der Waals surface area contributed by atoms with E-state index in [1.165, 1.54) is 22.7 Å². The number of aromatic nitrogens is 2. The Morgan fingerprint density at radius 1 is 1.27 bits per heavy atom. The number of β-amino-alcohol motifs (C(OH)–C–C–N with tert-alkyl or cyclic N) is 1. The molecular weight excluding hydrogens is 432 g/mol. The number of amides is 1. The van der Waals surface area contributed by atoms with E-state index in [1.54, 1.807) is 0 Å². The van der Waals surface area contributed by atoms with E-state index >= 15 is 0 Å². The maximum atomic E-state index is 12.4. The predicted molar refractivity (Wildman–Crippen MR) is 127 cm³/mol. The van der Waals surface area contributed by atoms with Gasteiger partial charge in [-0.05, 0) is 59.0 Å². The van der Waals surface area contributed by atoms with Crippen LogP contribution in [0.25, 0.3) is 22.0 Å². The number of hydrogen-bond acceptors (Lipinski definition) is 6. The SMILES string of the molecule is CC(C)Cc1ccc(-c2nsc(-c3cccc4c3C[C@H]3CC(=O)N(CCO)[C@@H]43)n2)cc1C#N. The van der Waals surface area contributed by atoms with E-state index in [0.717, 1.165) is 34.5 Å². The number of carbonyl (C=O) groups is 1. The zero-order valence-electron chi connectivity index (χ0n) is 18.8. The molecule has 6 nitrogen and oxygen atoms in total. The van der Waals surface area contributed by atoms with Gasteiger partial charge in [-0.1, -0.05) is 44.2 Å². The van der Waals surface area contributed by atoms with Gasteiger partial charge in [-0.25, -0.2) is 4.98 Å². The molecule has 168 valence electrons. The topological polar surface area (TPSA) is 90.1 Å². The molecule has 7 heteroatoms. The highest BCUT2D eigenvalue weighted by atomic mass is 32.1. The molecule has 2 heterocycles. The Morgan fingerprint density at radius 2 is 2.12 bits per heavy atom. The van der Waals surface area contributed by atoms with Gasteiger partial charge in [0.2, 0.25) is 5.91 Å². The fourth-order valence-corrected chi connectivity index (χ4v) is 6.04. The summed E-state index contributed by atoms with van der Waals surface area (Å²) in [6.45, 7) is 4.65. The summed E-state index contributed by atoms with van der Waals surface area (Å²) < 4.78 is 4.61. The summed E-state index contributed by atoms with van der Waals surface area (Å²) in [5.41, 5.74) is 6.06. The molecule has 0 spiro atoms. The minimum Gasteiger partial charge on any atom is -0.395 e. The zero-order chi connectivity index (χ0) is 23.1. The number of carbonyl (C=O) groups excluding carboxylic acids is 1. The minimum absolute atomic E-state index is 0.0234. The summed E-state index contributed by atoms with van der Waals surface area (Å²) in [5, 5.41) is 19.9. The lowest BCUT2D eigenvalue weighted by molar-refractivity contribution is -0.129. The molecule has 33 heavy (non-hydrogen) atoms. The smallest absolute Gasteiger partial charge is 0.223 e. The van der Waals surface area contributed by atoms with Crippen molar-refractivity contribution in [3.05, 3.63) is 58.7 Å².